The Labute approximate surface area is 229 Å². The summed E-state index contributed by atoms with van der Waals surface area (Å²) >= 11 is 0. The number of nitrogens with zero attached hydrogens (tertiary/aromatic N) is 3. The van der Waals surface area contributed by atoms with Crippen LogP contribution < -0.4 is 15.4 Å². The number of primary amides is 1. The zero-order valence-electron chi connectivity index (χ0n) is 21.5. The van der Waals surface area contributed by atoms with E-state index in [-0.39, 0.29) is 40.2 Å². The minimum atomic E-state index is -4.65. The van der Waals surface area contributed by atoms with Gasteiger partial charge in [-0.1, -0.05) is 25.1 Å². The number of amides is 1. The molecule has 2 aromatic carbocycles. The summed E-state index contributed by atoms with van der Waals surface area (Å²) in [6.45, 7) is 4.25. The van der Waals surface area contributed by atoms with Crippen LogP contribution in [0.15, 0.2) is 42.5 Å². The number of alkyl halides is 3. The number of nitrogens with two attached hydrogens (primary N) is 1. The molecule has 0 spiro atoms. The summed E-state index contributed by atoms with van der Waals surface area (Å²) in [4.78, 5) is 16.5. The van der Waals surface area contributed by atoms with E-state index in [1.807, 2.05) is 13.0 Å². The second-order valence-corrected chi connectivity index (χ2v) is 10.4. The van der Waals surface area contributed by atoms with Crippen molar-refractivity contribution >= 4 is 39.3 Å². The van der Waals surface area contributed by atoms with Crippen molar-refractivity contribution in [3.05, 3.63) is 65.1 Å². The summed E-state index contributed by atoms with van der Waals surface area (Å²) in [6, 6.07) is 10.0. The first-order chi connectivity index (χ1) is 18.9. The van der Waals surface area contributed by atoms with Gasteiger partial charge in [-0.15, -0.1) is 0 Å². The van der Waals surface area contributed by atoms with E-state index in [4.69, 9.17) is 5.73 Å². The molecule has 0 saturated heterocycles. The van der Waals surface area contributed by atoms with E-state index in [1.165, 1.54) is 6.07 Å². The van der Waals surface area contributed by atoms with Crippen molar-refractivity contribution in [2.24, 2.45) is 5.73 Å². The van der Waals surface area contributed by atoms with Gasteiger partial charge in [0.1, 0.15) is 16.8 Å². The van der Waals surface area contributed by atoms with Gasteiger partial charge in [0.25, 0.3) is 5.91 Å². The van der Waals surface area contributed by atoms with Crippen molar-refractivity contribution in [2.75, 3.05) is 21.9 Å². The summed E-state index contributed by atoms with van der Waals surface area (Å²) in [5.74, 6) is -2.47. The van der Waals surface area contributed by atoms with Crippen LogP contribution in [0.4, 0.5) is 29.1 Å². The maximum atomic E-state index is 14.3. The molecule has 1 atom stereocenters. The molecule has 40 heavy (non-hydrogen) atoms. The van der Waals surface area contributed by atoms with Crippen molar-refractivity contribution in [2.45, 2.75) is 33.0 Å². The normalized spacial score (nSPS) is 12.4. The van der Waals surface area contributed by atoms with Crippen molar-refractivity contribution in [1.82, 2.24) is 15.2 Å². The van der Waals surface area contributed by atoms with Crippen LogP contribution in [0.1, 0.15) is 35.5 Å². The van der Waals surface area contributed by atoms with Crippen molar-refractivity contribution in [1.29, 1.82) is 0 Å². The zero-order valence-corrected chi connectivity index (χ0v) is 22.3. The van der Waals surface area contributed by atoms with Gasteiger partial charge < -0.3 is 16.2 Å². The Hall–Kier alpha value is -4.20. The fraction of sp³-hybridized carbons (Fsp3) is 0.269. The van der Waals surface area contributed by atoms with Crippen LogP contribution in [0.3, 0.4) is 0 Å². The average Bonchev–Trinajstić information content (AvgIpc) is 3.34. The minimum Gasteiger partial charge on any atom is -0.505 e. The van der Waals surface area contributed by atoms with E-state index in [0.29, 0.717) is 24.1 Å². The van der Waals surface area contributed by atoms with Crippen LogP contribution in [-0.2, 0) is 24.0 Å². The highest BCUT2D eigenvalue weighted by molar-refractivity contribution is 7.86. The summed E-state index contributed by atoms with van der Waals surface area (Å²) < 4.78 is 68.6. The molecule has 14 heteroatoms. The third kappa shape index (κ3) is 6.01. The van der Waals surface area contributed by atoms with Crippen LogP contribution >= 0.6 is 0 Å². The van der Waals surface area contributed by atoms with E-state index in [1.54, 1.807) is 29.4 Å². The molecule has 0 radical (unpaired) electrons. The molecule has 0 bridgehead atoms. The highest BCUT2D eigenvalue weighted by Crippen LogP contribution is 2.36. The monoisotopic (exact) mass is 578 g/mol. The minimum absolute atomic E-state index is 0.0518. The molecule has 0 fully saturated rings. The van der Waals surface area contributed by atoms with E-state index in [0.717, 1.165) is 11.6 Å². The number of rotatable bonds is 10. The van der Waals surface area contributed by atoms with Crippen molar-refractivity contribution in [3.8, 4) is 17.0 Å². The number of nitrogens with one attached hydrogen (secondary N) is 2. The third-order valence-corrected chi connectivity index (χ3v) is 7.54. The fourth-order valence-electron chi connectivity index (χ4n) is 4.36. The van der Waals surface area contributed by atoms with Crippen LogP contribution in [0.25, 0.3) is 22.2 Å². The molecule has 0 saturated carbocycles. The first-order valence-electron chi connectivity index (χ1n) is 12.2. The first-order valence-corrected chi connectivity index (χ1v) is 13.5. The number of H-pyrrole nitrogens is 1. The fourth-order valence-corrected chi connectivity index (χ4v) is 5.35. The molecule has 5 N–H and O–H groups in total. The number of aromatic nitrogens is 3. The number of pyridine rings is 1. The number of fused-ring (bicyclic) bond motifs is 1. The Kier molecular flexibility index (Phi) is 8.28. The Morgan fingerprint density at radius 2 is 1.90 bits per heavy atom. The van der Waals surface area contributed by atoms with Crippen LogP contribution in [-0.4, -0.2) is 48.9 Å². The number of benzene rings is 2. The van der Waals surface area contributed by atoms with Crippen LogP contribution in [0, 0.1) is 5.82 Å². The lowest BCUT2D eigenvalue weighted by Crippen LogP contribution is -2.27. The molecule has 0 aliphatic heterocycles. The van der Waals surface area contributed by atoms with E-state index in [2.05, 4.69) is 20.5 Å². The standard InChI is InChI=1S/C26H26F4N6O3S/c1-3-36(40(39)4-2)20-8-6-5-7-14(20)13-32-25-22-19(34-35-23(22)24(31)38)11-18(33-25)16-10-17(27)21(37)9-15(16)12-26(28,29)30/h5-11,37H,3-4,12-13H2,1-2H3,(H2,31,38)(H,32,33)(H,34,35). The quantitative estimate of drug-likeness (QED) is 0.200. The maximum absolute atomic E-state index is 14.3. The number of para-hydroxylation sites is 1. The Bertz CT molecular complexity index is 1590. The predicted molar refractivity (Wildman–Crippen MR) is 145 cm³/mol. The largest absolute Gasteiger partial charge is 0.505 e. The Morgan fingerprint density at radius 1 is 1.18 bits per heavy atom. The highest BCUT2D eigenvalue weighted by Gasteiger charge is 2.30. The Balaban J connectivity index is 1.84. The Morgan fingerprint density at radius 3 is 2.55 bits per heavy atom. The molecule has 2 aromatic heterocycles. The van der Waals surface area contributed by atoms with E-state index in [9.17, 15) is 31.7 Å². The number of anilines is 2. The molecule has 212 valence electrons. The average molecular weight is 579 g/mol. The molecule has 2 heterocycles. The van der Waals surface area contributed by atoms with Crippen LogP contribution in [0.2, 0.25) is 0 Å². The molecule has 0 aliphatic carbocycles. The van der Waals surface area contributed by atoms with E-state index < -0.39 is 46.6 Å². The predicted octanol–water partition coefficient (Wildman–Crippen LogP) is 4.80. The lowest BCUT2D eigenvalue weighted by Gasteiger charge is -2.24. The first kappa shape index (κ1) is 28.8. The maximum Gasteiger partial charge on any atom is 0.393 e. The topological polar surface area (TPSA) is 137 Å². The molecule has 9 nitrogen and oxygen atoms in total. The van der Waals surface area contributed by atoms with Crippen LogP contribution in [0.5, 0.6) is 5.75 Å². The van der Waals surface area contributed by atoms with Gasteiger partial charge in [0.2, 0.25) is 0 Å². The molecular formula is C26H26F4N6O3S. The molecular weight excluding hydrogens is 552 g/mol. The number of carbonyl (C=O) groups excluding carboxylic acids is 1. The molecule has 4 rings (SSSR count). The summed E-state index contributed by atoms with van der Waals surface area (Å²) in [5, 5.41) is 19.6. The molecule has 4 aromatic rings. The van der Waals surface area contributed by atoms with Gasteiger partial charge >= 0.3 is 6.18 Å². The summed E-state index contributed by atoms with van der Waals surface area (Å²) in [6.07, 6.45) is -6.09. The second kappa shape index (κ2) is 11.5. The zero-order chi connectivity index (χ0) is 29.2. The number of aromatic amines is 1. The number of carbonyl (C=O) groups is 1. The number of aromatic hydroxyl groups is 1. The van der Waals surface area contributed by atoms with Gasteiger partial charge in [-0.2, -0.15) is 18.3 Å². The molecule has 1 amide bonds. The van der Waals surface area contributed by atoms with Crippen molar-refractivity contribution < 1.29 is 31.7 Å². The van der Waals surface area contributed by atoms with Gasteiger partial charge in [0.05, 0.1) is 28.7 Å². The molecule has 0 aliphatic rings. The number of hydrogen-bond acceptors (Lipinski definition) is 6. The number of hydrogen-bond donors (Lipinski definition) is 4. The molecule has 1 unspecified atom stereocenters. The van der Waals surface area contributed by atoms with Gasteiger partial charge in [0, 0.05) is 24.4 Å². The van der Waals surface area contributed by atoms with Gasteiger partial charge in [-0.05, 0) is 42.3 Å². The summed E-state index contributed by atoms with van der Waals surface area (Å²) in [7, 11) is -1.28. The lowest BCUT2D eigenvalue weighted by molar-refractivity contribution is -0.127. The number of phenolic OH excluding ortho intramolecular Hbond substituents is 1. The van der Waals surface area contributed by atoms with Crippen molar-refractivity contribution in [3.63, 3.8) is 0 Å². The van der Waals surface area contributed by atoms with Gasteiger partial charge in [-0.25, -0.2) is 13.6 Å². The van der Waals surface area contributed by atoms with E-state index >= 15 is 0 Å². The van der Waals surface area contributed by atoms with Gasteiger partial charge in [-0.3, -0.25) is 14.2 Å². The second-order valence-electron chi connectivity index (χ2n) is 8.76. The third-order valence-electron chi connectivity index (χ3n) is 6.10. The lowest BCUT2D eigenvalue weighted by atomic mass is 9.99. The summed E-state index contributed by atoms with van der Waals surface area (Å²) in [5.41, 5.74) is 6.30. The number of phenols is 1. The highest BCUT2D eigenvalue weighted by atomic mass is 32.2. The van der Waals surface area contributed by atoms with Gasteiger partial charge in [0.15, 0.2) is 17.3 Å². The number of halogens is 4. The SMILES string of the molecule is CCN(c1ccccc1CNc1nc(-c2cc(F)c(O)cc2CC(F)(F)F)cc2[nH]nc(C(N)=O)c12)S(=O)CC. The smallest absolute Gasteiger partial charge is 0.393 e.